The number of rotatable bonds is 14. The average Bonchev–Trinajstić information content (AvgIpc) is 3.73. The van der Waals surface area contributed by atoms with Crippen molar-refractivity contribution in [1.29, 1.82) is 0 Å². The number of nitrogens with one attached hydrogen (secondary N) is 1. The third-order valence-corrected chi connectivity index (χ3v) is 8.63. The molecule has 2 N–H and O–H groups in total. The Kier molecular flexibility index (Phi) is 11.7. The number of carbonyl (C=O) groups is 4. The van der Waals surface area contributed by atoms with Gasteiger partial charge in [0.15, 0.2) is 29.5 Å². The molecular weight excluding hydrogens is 696 g/mol. The first-order valence-corrected chi connectivity index (χ1v) is 16.8. The minimum absolute atomic E-state index is 0.0237. The molecule has 0 aliphatic carbocycles. The number of anilines is 1. The second-order valence-electron chi connectivity index (χ2n) is 12.4. The number of hydrogen-bond donors (Lipinski definition) is 2. The van der Waals surface area contributed by atoms with Crippen LogP contribution in [0.15, 0.2) is 61.2 Å². The molecule has 4 heterocycles. The fourth-order valence-corrected chi connectivity index (χ4v) is 5.86. The third kappa shape index (κ3) is 8.86. The standard InChI is InChI=1S/C35H36N6O12/c1-20(42)10-13-26(43)50-16-22-11-12-23(41(47)48)15-24(22)35(46)51-17-25-29(44)30(53-27-9-5-6-14-49-27)34(52-25)40-19-38-28-31(36-18-37-32(28)40)39-33(45)21-7-3-2-4-8-21/h2-4,7-8,11-12,15,18-19,25,27,29-30,34,44H,5-6,9-10,13-14,16-17H2,1H3,(H,36,37,39,45)/t25-,27?,29-,30-,34-/m1/s1. The molecule has 2 fully saturated rings. The van der Waals surface area contributed by atoms with Gasteiger partial charge >= 0.3 is 11.9 Å². The van der Waals surface area contributed by atoms with Gasteiger partial charge in [0.2, 0.25) is 0 Å². The maximum atomic E-state index is 13.4. The average molecular weight is 733 g/mol. The van der Waals surface area contributed by atoms with Crippen LogP contribution in [0.4, 0.5) is 11.5 Å². The Morgan fingerprint density at radius 1 is 1.06 bits per heavy atom. The summed E-state index contributed by atoms with van der Waals surface area (Å²) in [5.74, 6) is -2.18. The van der Waals surface area contributed by atoms with Crippen molar-refractivity contribution in [1.82, 2.24) is 19.5 Å². The van der Waals surface area contributed by atoms with E-state index in [-0.39, 0.29) is 46.7 Å². The molecule has 18 heteroatoms. The molecule has 2 aromatic carbocycles. The lowest BCUT2D eigenvalue weighted by Crippen LogP contribution is -2.40. The predicted molar refractivity (Wildman–Crippen MR) is 181 cm³/mol. The van der Waals surface area contributed by atoms with E-state index in [0.717, 1.165) is 25.0 Å². The Labute approximate surface area is 301 Å². The summed E-state index contributed by atoms with van der Waals surface area (Å²) in [5, 5.41) is 25.8. The summed E-state index contributed by atoms with van der Waals surface area (Å²) in [4.78, 5) is 73.4. The van der Waals surface area contributed by atoms with E-state index in [9.17, 15) is 34.4 Å². The molecule has 2 aliphatic heterocycles. The first-order valence-electron chi connectivity index (χ1n) is 16.8. The van der Waals surface area contributed by atoms with Crippen LogP contribution in [0.5, 0.6) is 0 Å². The molecule has 53 heavy (non-hydrogen) atoms. The SMILES string of the molecule is CC(=O)CCC(=O)OCc1ccc([N+](=O)[O-])cc1C(=O)OC[C@H]1O[C@@H](n2cnc3c(NC(=O)c4ccccc4)ncnc32)[C@H](OC2CCCCO2)[C@@H]1O. The molecule has 4 aromatic rings. The lowest BCUT2D eigenvalue weighted by Gasteiger charge is -2.29. The Hall–Kier alpha value is -5.69. The largest absolute Gasteiger partial charge is 0.461 e. The summed E-state index contributed by atoms with van der Waals surface area (Å²) in [6.45, 7) is 0.871. The summed E-state index contributed by atoms with van der Waals surface area (Å²) in [7, 11) is 0. The van der Waals surface area contributed by atoms with Crippen molar-refractivity contribution in [2.75, 3.05) is 18.5 Å². The van der Waals surface area contributed by atoms with Crippen molar-refractivity contribution in [2.45, 2.75) is 76.5 Å². The zero-order valence-electron chi connectivity index (χ0n) is 28.5. The number of benzene rings is 2. The van der Waals surface area contributed by atoms with Crippen molar-refractivity contribution < 1.29 is 52.9 Å². The van der Waals surface area contributed by atoms with Crippen LogP contribution in [0.1, 0.15) is 71.5 Å². The number of non-ortho nitro benzene ring substituents is 1. The first-order chi connectivity index (χ1) is 25.6. The number of aromatic nitrogens is 4. The van der Waals surface area contributed by atoms with Gasteiger partial charge < -0.3 is 38.9 Å². The maximum absolute atomic E-state index is 13.4. The third-order valence-electron chi connectivity index (χ3n) is 8.63. The van der Waals surface area contributed by atoms with Crippen molar-refractivity contribution in [3.63, 3.8) is 0 Å². The van der Waals surface area contributed by atoms with Gasteiger partial charge in [-0.25, -0.2) is 19.7 Å². The molecule has 6 rings (SSSR count). The van der Waals surface area contributed by atoms with Crippen LogP contribution < -0.4 is 5.32 Å². The van der Waals surface area contributed by atoms with Crippen LogP contribution in [-0.4, -0.2) is 91.0 Å². The number of aliphatic hydroxyl groups excluding tert-OH is 1. The van der Waals surface area contributed by atoms with E-state index < -0.39 is 72.5 Å². The molecule has 278 valence electrons. The number of hydrogen-bond acceptors (Lipinski definition) is 15. The number of ketones is 1. The van der Waals surface area contributed by atoms with Crippen molar-refractivity contribution in [2.24, 2.45) is 0 Å². The molecule has 0 bridgehead atoms. The van der Waals surface area contributed by atoms with Gasteiger partial charge in [0, 0.05) is 36.3 Å². The summed E-state index contributed by atoms with van der Waals surface area (Å²) in [6.07, 6.45) is -0.647. The van der Waals surface area contributed by atoms with Crippen LogP contribution in [0.3, 0.4) is 0 Å². The minimum Gasteiger partial charge on any atom is -0.461 e. The first kappa shape index (κ1) is 37.1. The predicted octanol–water partition coefficient (Wildman–Crippen LogP) is 3.43. The van der Waals surface area contributed by atoms with E-state index >= 15 is 0 Å². The number of aliphatic hydroxyl groups is 1. The van der Waals surface area contributed by atoms with Crippen LogP contribution >= 0.6 is 0 Å². The molecule has 1 unspecified atom stereocenters. The Bertz CT molecular complexity index is 1980. The highest BCUT2D eigenvalue weighted by molar-refractivity contribution is 6.06. The number of amides is 1. The number of Topliss-reactive ketones (excluding diaryl/α,β-unsaturated/α-hetero) is 1. The van der Waals surface area contributed by atoms with Crippen LogP contribution in [0, 0.1) is 10.1 Å². The van der Waals surface area contributed by atoms with E-state index in [2.05, 4.69) is 20.3 Å². The number of fused-ring (bicyclic) bond motifs is 1. The van der Waals surface area contributed by atoms with E-state index in [1.807, 2.05) is 0 Å². The second-order valence-corrected chi connectivity index (χ2v) is 12.4. The number of nitro benzene ring substituents is 1. The zero-order valence-corrected chi connectivity index (χ0v) is 28.5. The Balaban J connectivity index is 1.21. The second kappa shape index (κ2) is 16.8. The lowest BCUT2D eigenvalue weighted by atomic mass is 10.1. The van der Waals surface area contributed by atoms with Gasteiger partial charge in [0.1, 0.15) is 43.6 Å². The molecule has 5 atom stereocenters. The van der Waals surface area contributed by atoms with Gasteiger partial charge in [0.25, 0.3) is 11.6 Å². The smallest absolute Gasteiger partial charge is 0.338 e. The number of nitro groups is 1. The fraction of sp³-hybridized carbons (Fsp3) is 0.400. The van der Waals surface area contributed by atoms with Gasteiger partial charge in [-0.1, -0.05) is 18.2 Å². The van der Waals surface area contributed by atoms with Crippen molar-refractivity contribution in [3.8, 4) is 0 Å². The molecule has 0 radical (unpaired) electrons. The molecule has 18 nitrogen and oxygen atoms in total. The van der Waals surface area contributed by atoms with Gasteiger partial charge in [0.05, 0.1) is 23.2 Å². The van der Waals surface area contributed by atoms with E-state index in [4.69, 9.17) is 23.7 Å². The van der Waals surface area contributed by atoms with Crippen LogP contribution in [-0.2, 0) is 39.9 Å². The monoisotopic (exact) mass is 732 g/mol. The molecule has 0 saturated carbocycles. The van der Waals surface area contributed by atoms with Gasteiger partial charge in [-0.15, -0.1) is 0 Å². The lowest BCUT2D eigenvalue weighted by molar-refractivity contribution is -0.384. The zero-order chi connectivity index (χ0) is 37.5. The molecule has 0 spiro atoms. The topological polar surface area (TPSA) is 233 Å². The van der Waals surface area contributed by atoms with Gasteiger partial charge in [-0.05, 0) is 44.4 Å². The Morgan fingerprint density at radius 2 is 1.87 bits per heavy atom. The maximum Gasteiger partial charge on any atom is 0.338 e. The molecule has 2 saturated heterocycles. The van der Waals surface area contributed by atoms with Gasteiger partial charge in [-0.2, -0.15) is 0 Å². The van der Waals surface area contributed by atoms with Crippen molar-refractivity contribution in [3.05, 3.63) is 88.0 Å². The van der Waals surface area contributed by atoms with Crippen LogP contribution in [0.25, 0.3) is 11.2 Å². The van der Waals surface area contributed by atoms with Crippen molar-refractivity contribution >= 4 is 46.3 Å². The number of nitrogens with zero attached hydrogens (tertiary/aromatic N) is 5. The van der Waals surface area contributed by atoms with Gasteiger partial charge in [-0.3, -0.25) is 24.3 Å². The van der Waals surface area contributed by atoms with E-state index in [1.54, 1.807) is 30.3 Å². The number of imidazole rings is 1. The summed E-state index contributed by atoms with van der Waals surface area (Å²) >= 11 is 0. The Morgan fingerprint density at radius 3 is 2.60 bits per heavy atom. The summed E-state index contributed by atoms with van der Waals surface area (Å²) in [5.41, 5.74) is 0.358. The molecule has 2 aromatic heterocycles. The minimum atomic E-state index is -1.37. The van der Waals surface area contributed by atoms with Crippen LogP contribution in [0.2, 0.25) is 0 Å². The van der Waals surface area contributed by atoms with E-state index in [1.165, 1.54) is 30.2 Å². The highest BCUT2D eigenvalue weighted by Gasteiger charge is 2.48. The summed E-state index contributed by atoms with van der Waals surface area (Å²) < 4.78 is 30.5. The molecular formula is C35H36N6O12. The van der Waals surface area contributed by atoms with E-state index in [0.29, 0.717) is 18.6 Å². The number of esters is 2. The highest BCUT2D eigenvalue weighted by Crippen LogP contribution is 2.36. The highest BCUT2D eigenvalue weighted by atomic mass is 16.7. The summed E-state index contributed by atoms with van der Waals surface area (Å²) in [6, 6.07) is 11.9. The quantitative estimate of drug-likeness (QED) is 0.107. The number of ether oxygens (including phenoxy) is 5. The fourth-order valence-electron chi connectivity index (χ4n) is 5.86. The number of carbonyl (C=O) groups excluding carboxylic acids is 4. The molecule has 2 aliphatic rings. The normalized spacial score (nSPS) is 21.2. The molecule has 1 amide bonds.